The lowest BCUT2D eigenvalue weighted by molar-refractivity contribution is 0.0702. The number of ether oxygens (including phenoxy) is 1. The SMILES string of the molecule is O=C(Nc1ccc(F)cc1)O[C@@H]1CCC[C@@H](NC(=O)c2cc(=O)c3ccccc3o2)C1. The van der Waals surface area contributed by atoms with Crippen LogP contribution in [0.25, 0.3) is 11.0 Å². The summed E-state index contributed by atoms with van der Waals surface area (Å²) in [5.74, 6) is -0.933. The number of carbonyl (C=O) groups is 2. The predicted octanol–water partition coefficient (Wildman–Crippen LogP) is 4.22. The highest BCUT2D eigenvalue weighted by Gasteiger charge is 2.27. The van der Waals surface area contributed by atoms with E-state index in [1.165, 1.54) is 30.3 Å². The van der Waals surface area contributed by atoms with Gasteiger partial charge in [-0.2, -0.15) is 0 Å². The summed E-state index contributed by atoms with van der Waals surface area (Å²) in [7, 11) is 0. The van der Waals surface area contributed by atoms with Gasteiger partial charge in [-0.15, -0.1) is 0 Å². The highest BCUT2D eigenvalue weighted by atomic mass is 19.1. The van der Waals surface area contributed by atoms with E-state index in [0.29, 0.717) is 29.5 Å². The number of rotatable bonds is 4. The number of hydrogen-bond acceptors (Lipinski definition) is 5. The Kier molecular flexibility index (Phi) is 5.97. The van der Waals surface area contributed by atoms with Crippen molar-refractivity contribution in [3.63, 3.8) is 0 Å². The van der Waals surface area contributed by atoms with Gasteiger partial charge in [0.05, 0.1) is 5.39 Å². The van der Waals surface area contributed by atoms with Gasteiger partial charge in [-0.25, -0.2) is 9.18 Å². The minimum atomic E-state index is -0.635. The molecular formula is C23H21FN2O5. The highest BCUT2D eigenvalue weighted by molar-refractivity contribution is 5.93. The molecule has 1 heterocycles. The van der Waals surface area contributed by atoms with Crippen molar-refractivity contribution in [3.8, 4) is 0 Å². The molecule has 7 nitrogen and oxygen atoms in total. The van der Waals surface area contributed by atoms with Crippen molar-refractivity contribution in [1.82, 2.24) is 5.32 Å². The number of fused-ring (bicyclic) bond motifs is 1. The molecule has 2 aromatic carbocycles. The molecular weight excluding hydrogens is 403 g/mol. The van der Waals surface area contributed by atoms with Crippen molar-refractivity contribution < 1.29 is 23.1 Å². The lowest BCUT2D eigenvalue weighted by Crippen LogP contribution is -2.41. The number of halogens is 1. The molecule has 1 aromatic heterocycles. The van der Waals surface area contributed by atoms with E-state index < -0.39 is 17.8 Å². The third-order valence-electron chi connectivity index (χ3n) is 5.18. The van der Waals surface area contributed by atoms with Crippen molar-refractivity contribution in [1.29, 1.82) is 0 Å². The van der Waals surface area contributed by atoms with Gasteiger partial charge in [0.15, 0.2) is 11.2 Å². The van der Waals surface area contributed by atoms with Crippen LogP contribution in [0.2, 0.25) is 0 Å². The smallest absolute Gasteiger partial charge is 0.411 e. The molecule has 160 valence electrons. The summed E-state index contributed by atoms with van der Waals surface area (Å²) in [6.07, 6.45) is 1.60. The molecule has 0 unspecified atom stereocenters. The van der Waals surface area contributed by atoms with Gasteiger partial charge < -0.3 is 14.5 Å². The minimum Gasteiger partial charge on any atom is -0.451 e. The average Bonchev–Trinajstić information content (AvgIpc) is 2.75. The van der Waals surface area contributed by atoms with Gasteiger partial charge in [0.2, 0.25) is 0 Å². The normalized spacial score (nSPS) is 18.4. The molecule has 0 radical (unpaired) electrons. The second-order valence-electron chi connectivity index (χ2n) is 7.47. The van der Waals surface area contributed by atoms with Crippen molar-refractivity contribution in [2.45, 2.75) is 37.8 Å². The number of benzene rings is 2. The van der Waals surface area contributed by atoms with Crippen molar-refractivity contribution in [2.24, 2.45) is 0 Å². The number of amides is 2. The first-order valence-corrected chi connectivity index (χ1v) is 10.0. The Balaban J connectivity index is 1.35. The van der Waals surface area contributed by atoms with Gasteiger partial charge in [-0.05, 0) is 55.7 Å². The van der Waals surface area contributed by atoms with Crippen LogP contribution in [0.4, 0.5) is 14.9 Å². The molecule has 2 atom stereocenters. The largest absolute Gasteiger partial charge is 0.451 e. The lowest BCUT2D eigenvalue weighted by atomic mass is 9.92. The lowest BCUT2D eigenvalue weighted by Gasteiger charge is -2.29. The molecule has 1 fully saturated rings. The Morgan fingerprint density at radius 2 is 1.84 bits per heavy atom. The maximum absolute atomic E-state index is 13.0. The topological polar surface area (TPSA) is 97.6 Å². The molecule has 0 aliphatic heterocycles. The molecule has 31 heavy (non-hydrogen) atoms. The monoisotopic (exact) mass is 424 g/mol. The molecule has 1 aliphatic rings. The summed E-state index contributed by atoms with van der Waals surface area (Å²) in [4.78, 5) is 36.9. The van der Waals surface area contributed by atoms with Gasteiger partial charge in [-0.3, -0.25) is 14.9 Å². The molecule has 0 bridgehead atoms. The Hall–Kier alpha value is -3.68. The second kappa shape index (κ2) is 8.99. The zero-order valence-electron chi connectivity index (χ0n) is 16.6. The van der Waals surface area contributed by atoms with Crippen LogP contribution < -0.4 is 16.1 Å². The van der Waals surface area contributed by atoms with Crippen molar-refractivity contribution in [2.75, 3.05) is 5.32 Å². The number of para-hydroxylation sites is 1. The van der Waals surface area contributed by atoms with Gasteiger partial charge in [0, 0.05) is 24.2 Å². The Morgan fingerprint density at radius 1 is 1.06 bits per heavy atom. The third kappa shape index (κ3) is 5.09. The minimum absolute atomic E-state index is 0.0548. The van der Waals surface area contributed by atoms with E-state index in [1.807, 2.05) is 0 Å². The Bertz CT molecular complexity index is 1160. The highest BCUT2D eigenvalue weighted by Crippen LogP contribution is 2.22. The van der Waals surface area contributed by atoms with Gasteiger partial charge in [0.25, 0.3) is 5.91 Å². The molecule has 2 amide bonds. The van der Waals surface area contributed by atoms with Crippen LogP contribution in [0.5, 0.6) is 0 Å². The Morgan fingerprint density at radius 3 is 2.65 bits per heavy atom. The van der Waals surface area contributed by atoms with Crippen LogP contribution in [0.1, 0.15) is 36.2 Å². The van der Waals surface area contributed by atoms with E-state index in [0.717, 1.165) is 12.8 Å². The maximum Gasteiger partial charge on any atom is 0.411 e. The standard InChI is InChI=1S/C23H21FN2O5/c24-14-8-10-15(11-9-14)26-23(29)30-17-5-3-4-16(12-17)25-22(28)21-13-19(27)18-6-1-2-7-20(18)31-21/h1-2,6-11,13,16-17H,3-5,12H2,(H,25,28)(H,26,29)/t16-,17-/m1/s1. The molecule has 4 rings (SSSR count). The summed E-state index contributed by atoms with van der Waals surface area (Å²) >= 11 is 0. The summed E-state index contributed by atoms with van der Waals surface area (Å²) in [5, 5.41) is 5.83. The third-order valence-corrected chi connectivity index (χ3v) is 5.18. The van der Waals surface area contributed by atoms with Crippen molar-refractivity contribution in [3.05, 3.63) is 76.4 Å². The maximum atomic E-state index is 13.0. The number of carbonyl (C=O) groups excluding carboxylic acids is 2. The van der Waals surface area contributed by atoms with Crippen LogP contribution >= 0.6 is 0 Å². The van der Waals surface area contributed by atoms with Crippen LogP contribution in [-0.4, -0.2) is 24.1 Å². The number of hydrogen-bond donors (Lipinski definition) is 2. The van der Waals surface area contributed by atoms with E-state index in [-0.39, 0.29) is 23.3 Å². The van der Waals surface area contributed by atoms with Gasteiger partial charge in [0.1, 0.15) is 17.5 Å². The Labute approximate surface area is 177 Å². The van der Waals surface area contributed by atoms with Gasteiger partial charge in [-0.1, -0.05) is 12.1 Å². The molecule has 1 aliphatic carbocycles. The summed E-state index contributed by atoms with van der Waals surface area (Å²) < 4.78 is 24.0. The molecule has 0 saturated heterocycles. The fourth-order valence-corrected chi connectivity index (χ4v) is 3.69. The fraction of sp³-hybridized carbons (Fsp3) is 0.261. The zero-order chi connectivity index (χ0) is 21.8. The predicted molar refractivity (Wildman–Crippen MR) is 112 cm³/mol. The molecule has 8 heteroatoms. The quantitative estimate of drug-likeness (QED) is 0.654. The fourth-order valence-electron chi connectivity index (χ4n) is 3.69. The van der Waals surface area contributed by atoms with Crippen LogP contribution in [0.15, 0.2) is 63.8 Å². The van der Waals surface area contributed by atoms with Crippen LogP contribution in [0, 0.1) is 5.82 Å². The van der Waals surface area contributed by atoms with E-state index in [4.69, 9.17) is 9.15 Å². The summed E-state index contributed by atoms with van der Waals surface area (Å²) in [6, 6.07) is 13.1. The first-order chi connectivity index (χ1) is 15.0. The first kappa shape index (κ1) is 20.6. The number of anilines is 1. The van der Waals surface area contributed by atoms with Crippen molar-refractivity contribution >= 4 is 28.7 Å². The van der Waals surface area contributed by atoms with Gasteiger partial charge >= 0.3 is 6.09 Å². The second-order valence-corrected chi connectivity index (χ2v) is 7.47. The molecule has 3 aromatic rings. The number of nitrogens with one attached hydrogen (secondary N) is 2. The average molecular weight is 424 g/mol. The van der Waals surface area contributed by atoms with E-state index >= 15 is 0 Å². The van der Waals surface area contributed by atoms with E-state index in [9.17, 15) is 18.8 Å². The first-order valence-electron chi connectivity index (χ1n) is 10.0. The van der Waals surface area contributed by atoms with Crippen LogP contribution in [-0.2, 0) is 4.74 Å². The molecule has 1 saturated carbocycles. The summed E-state index contributed by atoms with van der Waals surface area (Å²) in [5.41, 5.74) is 0.496. The molecule has 0 spiro atoms. The van der Waals surface area contributed by atoms with E-state index in [2.05, 4.69) is 10.6 Å². The summed E-state index contributed by atoms with van der Waals surface area (Å²) in [6.45, 7) is 0. The van der Waals surface area contributed by atoms with E-state index in [1.54, 1.807) is 24.3 Å². The molecule has 2 N–H and O–H groups in total. The zero-order valence-corrected chi connectivity index (χ0v) is 16.6. The van der Waals surface area contributed by atoms with Crippen LogP contribution in [0.3, 0.4) is 0 Å².